The van der Waals surface area contributed by atoms with Crippen LogP contribution in [0, 0.1) is 25.6 Å². The quantitative estimate of drug-likeness (QED) is 0.449. The minimum absolute atomic E-state index is 0.0229. The van der Waals surface area contributed by atoms with Crippen molar-refractivity contribution in [1.82, 2.24) is 19.6 Å². The molecule has 9 nitrogen and oxygen atoms in total. The van der Waals surface area contributed by atoms with Crippen LogP contribution < -0.4 is 0 Å². The van der Waals surface area contributed by atoms with Gasteiger partial charge in [-0.3, -0.25) is 0 Å². The second-order valence-electron chi connectivity index (χ2n) is 10.1. The molecule has 3 aromatic rings. The summed E-state index contributed by atoms with van der Waals surface area (Å²) in [7, 11) is 0. The van der Waals surface area contributed by atoms with Crippen LogP contribution in [0.1, 0.15) is 71.7 Å². The zero-order valence-corrected chi connectivity index (χ0v) is 20.8. The van der Waals surface area contributed by atoms with Gasteiger partial charge in [-0.1, -0.05) is 18.9 Å². The van der Waals surface area contributed by atoms with Crippen LogP contribution in [-0.4, -0.2) is 47.3 Å². The van der Waals surface area contributed by atoms with Gasteiger partial charge in [-0.2, -0.15) is 4.98 Å². The monoisotopic (exact) mass is 508 g/mol. The highest BCUT2D eigenvalue weighted by Crippen LogP contribution is 2.46. The highest BCUT2D eigenvalue weighted by molar-refractivity contribution is 5.90. The maximum absolute atomic E-state index is 14.2. The molecule has 1 fully saturated rings. The van der Waals surface area contributed by atoms with Crippen molar-refractivity contribution in [3.05, 3.63) is 69.8 Å². The number of aryl methyl sites for hydroxylation is 3. The van der Waals surface area contributed by atoms with Crippen molar-refractivity contribution in [2.24, 2.45) is 5.92 Å². The van der Waals surface area contributed by atoms with Gasteiger partial charge in [-0.15, -0.1) is 5.10 Å². The lowest BCUT2D eigenvalue weighted by molar-refractivity contribution is -0.167. The van der Waals surface area contributed by atoms with Crippen LogP contribution in [0.5, 0.6) is 0 Å². The molecule has 2 N–H and O–H groups in total. The molecule has 3 heterocycles. The molecular weight excluding hydrogens is 479 g/mol. The van der Waals surface area contributed by atoms with Crippen molar-refractivity contribution in [1.29, 1.82) is 0 Å². The Bertz CT molecular complexity index is 1430. The molecule has 0 bridgehead atoms. The third-order valence-electron chi connectivity index (χ3n) is 7.55. The number of cyclic esters (lactones) is 1. The highest BCUT2D eigenvalue weighted by Gasteiger charge is 2.48. The molecule has 0 spiro atoms. The van der Waals surface area contributed by atoms with Crippen molar-refractivity contribution in [3.8, 4) is 0 Å². The first-order chi connectivity index (χ1) is 17.6. The first-order valence-electron chi connectivity index (χ1n) is 12.5. The van der Waals surface area contributed by atoms with Gasteiger partial charge in [0, 0.05) is 24.2 Å². The largest absolute Gasteiger partial charge is 0.512 e. The molecule has 2 aromatic heterocycles. The summed E-state index contributed by atoms with van der Waals surface area (Å²) in [6.07, 6.45) is 4.73. The van der Waals surface area contributed by atoms with Gasteiger partial charge in [0.1, 0.15) is 17.2 Å². The van der Waals surface area contributed by atoms with E-state index in [1.54, 1.807) is 10.6 Å². The summed E-state index contributed by atoms with van der Waals surface area (Å²) < 4.78 is 22.0. The number of ether oxygens (including phenoxy) is 1. The third kappa shape index (κ3) is 4.80. The molecule has 0 saturated heterocycles. The number of aromatic nitrogens is 4. The molecule has 1 saturated carbocycles. The summed E-state index contributed by atoms with van der Waals surface area (Å²) in [6, 6.07) is 5.92. The highest BCUT2D eigenvalue weighted by atomic mass is 19.1. The predicted molar refractivity (Wildman–Crippen MR) is 131 cm³/mol. The number of carboxylic acids is 1. The van der Waals surface area contributed by atoms with Crippen molar-refractivity contribution >= 4 is 17.7 Å². The predicted octanol–water partition coefficient (Wildman–Crippen LogP) is 4.44. The SMILES string of the molecule is Cc1cc(C)n2nc(CC3=C(O)CC(CCc4ccc(C(=O)O)c(F)c4)(C4CCCC4)OC3=O)nc2n1. The van der Waals surface area contributed by atoms with E-state index in [0.717, 1.165) is 37.1 Å². The van der Waals surface area contributed by atoms with Crippen LogP contribution in [-0.2, 0) is 22.4 Å². The van der Waals surface area contributed by atoms with Gasteiger partial charge in [-0.25, -0.2) is 23.5 Å². The lowest BCUT2D eigenvalue weighted by atomic mass is 9.76. The van der Waals surface area contributed by atoms with E-state index < -0.39 is 23.4 Å². The molecule has 10 heteroatoms. The summed E-state index contributed by atoms with van der Waals surface area (Å²) >= 11 is 0. The van der Waals surface area contributed by atoms with E-state index >= 15 is 0 Å². The fourth-order valence-electron chi connectivity index (χ4n) is 5.67. The number of esters is 1. The van der Waals surface area contributed by atoms with Crippen molar-refractivity contribution in [2.45, 2.75) is 70.8 Å². The number of carboxylic acid groups (broad SMARTS) is 1. The summed E-state index contributed by atoms with van der Waals surface area (Å²) in [5, 5.41) is 24.6. The molecule has 194 valence electrons. The normalized spacial score (nSPS) is 20.6. The Morgan fingerprint density at radius 2 is 1.97 bits per heavy atom. The number of fused-ring (bicyclic) bond motifs is 1. The van der Waals surface area contributed by atoms with Gasteiger partial charge >= 0.3 is 11.9 Å². The van der Waals surface area contributed by atoms with Crippen LogP contribution in [0.25, 0.3) is 5.78 Å². The zero-order chi connectivity index (χ0) is 26.3. The van der Waals surface area contributed by atoms with Gasteiger partial charge in [0.25, 0.3) is 5.78 Å². The summed E-state index contributed by atoms with van der Waals surface area (Å²) in [6.45, 7) is 3.76. The molecule has 2 aliphatic rings. The number of halogens is 1. The maximum atomic E-state index is 14.2. The van der Waals surface area contributed by atoms with Crippen molar-refractivity contribution in [3.63, 3.8) is 0 Å². The van der Waals surface area contributed by atoms with E-state index in [9.17, 15) is 19.1 Å². The molecule has 37 heavy (non-hydrogen) atoms. The molecule has 1 aliphatic carbocycles. The van der Waals surface area contributed by atoms with Crippen molar-refractivity contribution < 1.29 is 28.9 Å². The molecule has 0 radical (unpaired) electrons. The summed E-state index contributed by atoms with van der Waals surface area (Å²) in [5.41, 5.74) is 1.11. The second-order valence-corrected chi connectivity index (χ2v) is 10.1. The number of carbonyl (C=O) groups is 2. The first-order valence-corrected chi connectivity index (χ1v) is 12.5. The Hall–Kier alpha value is -3.82. The number of nitrogens with zero attached hydrogens (tertiary/aromatic N) is 4. The minimum atomic E-state index is -1.32. The van der Waals surface area contributed by atoms with E-state index in [0.29, 0.717) is 30.0 Å². The lowest BCUT2D eigenvalue weighted by Crippen LogP contribution is -2.46. The molecule has 1 atom stereocenters. The number of carbonyl (C=O) groups excluding carboxylic acids is 1. The van der Waals surface area contributed by atoms with Gasteiger partial charge in [-0.05, 0) is 69.2 Å². The van der Waals surface area contributed by atoms with Crippen LogP contribution >= 0.6 is 0 Å². The third-order valence-corrected chi connectivity index (χ3v) is 7.55. The van der Waals surface area contributed by atoms with E-state index in [4.69, 9.17) is 9.84 Å². The van der Waals surface area contributed by atoms with Crippen LogP contribution in [0.3, 0.4) is 0 Å². The van der Waals surface area contributed by atoms with Gasteiger partial charge < -0.3 is 14.9 Å². The standard InChI is InChI=1S/C27H29FN4O5/c1-15-11-16(2)32-26(29-15)30-23(31-32)13-20-22(33)14-27(37-25(20)36,18-5-3-4-6-18)10-9-17-7-8-19(24(34)35)21(28)12-17/h7-8,11-12,18,33H,3-6,9-10,13-14H2,1-2H3,(H,34,35). The summed E-state index contributed by atoms with van der Waals surface area (Å²) in [5.74, 6) is -1.88. The Labute approximate surface area is 213 Å². The number of benzene rings is 1. The topological polar surface area (TPSA) is 127 Å². The molecule has 1 aliphatic heterocycles. The zero-order valence-electron chi connectivity index (χ0n) is 20.8. The van der Waals surface area contributed by atoms with E-state index in [1.807, 2.05) is 19.9 Å². The van der Waals surface area contributed by atoms with E-state index in [1.165, 1.54) is 12.1 Å². The number of rotatable bonds is 7. The number of hydrogen-bond donors (Lipinski definition) is 2. The second kappa shape index (κ2) is 9.57. The molecule has 5 rings (SSSR count). The van der Waals surface area contributed by atoms with E-state index in [2.05, 4.69) is 15.1 Å². The van der Waals surface area contributed by atoms with Crippen LogP contribution in [0.2, 0.25) is 0 Å². The van der Waals surface area contributed by atoms with Crippen LogP contribution in [0.4, 0.5) is 4.39 Å². The minimum Gasteiger partial charge on any atom is -0.512 e. The lowest BCUT2D eigenvalue weighted by Gasteiger charge is -2.41. The Morgan fingerprint density at radius 3 is 2.65 bits per heavy atom. The number of aliphatic hydroxyl groups excluding tert-OH is 1. The number of hydrogen-bond acceptors (Lipinski definition) is 7. The molecule has 1 unspecified atom stereocenters. The average molecular weight is 509 g/mol. The summed E-state index contributed by atoms with van der Waals surface area (Å²) in [4.78, 5) is 33.2. The number of aliphatic hydroxyl groups is 1. The number of aromatic carboxylic acids is 1. The maximum Gasteiger partial charge on any atom is 0.338 e. The fraction of sp³-hybridized carbons (Fsp3) is 0.444. The molecular formula is C27H29FN4O5. The smallest absolute Gasteiger partial charge is 0.338 e. The van der Waals surface area contributed by atoms with Gasteiger partial charge in [0.05, 0.1) is 11.1 Å². The van der Waals surface area contributed by atoms with Crippen LogP contribution in [0.15, 0.2) is 35.6 Å². The first kappa shape index (κ1) is 24.9. The van der Waals surface area contributed by atoms with Crippen molar-refractivity contribution in [2.75, 3.05) is 0 Å². The molecule has 1 aromatic carbocycles. The average Bonchev–Trinajstić information content (AvgIpc) is 3.51. The van der Waals surface area contributed by atoms with Gasteiger partial charge in [0.15, 0.2) is 5.82 Å². The van der Waals surface area contributed by atoms with E-state index in [-0.39, 0.29) is 35.7 Å². The Balaban J connectivity index is 1.40. The Kier molecular flexibility index (Phi) is 6.43. The Morgan fingerprint density at radius 1 is 1.22 bits per heavy atom. The fourth-order valence-corrected chi connectivity index (χ4v) is 5.67. The molecule has 0 amide bonds. The van der Waals surface area contributed by atoms with Gasteiger partial charge in [0.2, 0.25) is 0 Å².